The number of hydrogen-bond acceptors (Lipinski definition) is 14. The highest BCUT2D eigenvalue weighted by Gasteiger charge is 2.29. The normalized spacial score (nSPS) is 14.8. The number of carbonyl (C=O) groups is 3. The molecule has 0 aromatic carbocycles. The van der Waals surface area contributed by atoms with E-state index in [2.05, 4.69) is 191 Å². The van der Waals surface area contributed by atoms with E-state index in [-0.39, 0.29) is 19.3 Å². The van der Waals surface area contributed by atoms with E-state index < -0.39 is 91.5 Å². The van der Waals surface area contributed by atoms with Crippen LogP contribution in [0.2, 0.25) is 0 Å². The van der Waals surface area contributed by atoms with E-state index in [1.54, 1.807) is 0 Å². The lowest BCUT2D eigenvalue weighted by Crippen LogP contribution is -2.30. The molecule has 5 unspecified atom stereocenters. The number of rotatable bonds is 75. The summed E-state index contributed by atoms with van der Waals surface area (Å²) in [5.41, 5.74) is 0. The quantitative estimate of drug-likeness (QED) is 0.0146. The van der Waals surface area contributed by atoms with E-state index in [0.717, 1.165) is 161 Å². The van der Waals surface area contributed by atoms with Crippen molar-refractivity contribution in [2.24, 2.45) is 0 Å². The lowest BCUT2D eigenvalue weighted by molar-refractivity contribution is -0.161. The number of aliphatic hydroxyl groups excluding tert-OH is 2. The van der Waals surface area contributed by atoms with Gasteiger partial charge in [0.1, 0.15) is 25.4 Å². The Morgan fingerprint density at radius 3 is 0.810 bits per heavy atom. The van der Waals surface area contributed by atoms with Crippen molar-refractivity contribution < 1.29 is 75.8 Å². The molecule has 18 heteroatoms. The fourth-order valence-electron chi connectivity index (χ4n) is 10.3. The molecule has 0 radical (unpaired) electrons. The summed E-state index contributed by atoms with van der Waals surface area (Å²) in [6.45, 7) is 2.36. The molecule has 0 saturated carbocycles. The predicted octanol–water partition coefficient (Wildman–Crippen LogP) is 24.0. The summed E-state index contributed by atoms with van der Waals surface area (Å²) in [6.07, 6.45) is 99.7. The molecule has 0 spiro atoms. The van der Waals surface area contributed by atoms with Crippen LogP contribution in [-0.2, 0) is 55.8 Å². The van der Waals surface area contributed by atoms with Crippen molar-refractivity contribution in [1.29, 1.82) is 0 Å². The third-order valence-electron chi connectivity index (χ3n) is 16.4. The molecule has 0 fully saturated rings. The average molecular weight is 1510 g/mol. The van der Waals surface area contributed by atoms with E-state index in [1.165, 1.54) is 83.5 Å². The summed E-state index contributed by atoms with van der Waals surface area (Å²) in [5.74, 6) is -1.64. The highest BCUT2D eigenvalue weighted by molar-refractivity contribution is 7.47. The second kappa shape index (κ2) is 78.5. The van der Waals surface area contributed by atoms with Gasteiger partial charge in [-0.15, -0.1) is 0 Å². The van der Waals surface area contributed by atoms with Gasteiger partial charge in [0, 0.05) is 19.3 Å². The Morgan fingerprint density at radius 2 is 0.505 bits per heavy atom. The van der Waals surface area contributed by atoms with E-state index in [4.69, 9.17) is 32.3 Å². The molecule has 0 aromatic rings. The van der Waals surface area contributed by atoms with E-state index in [9.17, 15) is 43.5 Å². The Morgan fingerprint density at radius 1 is 0.276 bits per heavy atom. The van der Waals surface area contributed by atoms with Gasteiger partial charge in [0.2, 0.25) is 0 Å². The molecule has 0 saturated heterocycles. The Kier molecular flexibility index (Phi) is 74.7. The molecular formula is C87H144O16P2. The summed E-state index contributed by atoms with van der Waals surface area (Å²) in [6, 6.07) is 0. The minimum Gasteiger partial charge on any atom is -0.463 e. The minimum absolute atomic E-state index is 0.0552. The average Bonchev–Trinajstić information content (AvgIpc) is 0.911. The first kappa shape index (κ1) is 99.9. The number of allylic oxidation sites excluding steroid dienone is 28. The third-order valence-corrected chi connectivity index (χ3v) is 18.3. The highest BCUT2D eigenvalue weighted by Crippen LogP contribution is 2.45. The van der Waals surface area contributed by atoms with Crippen LogP contribution in [0, 0.1) is 0 Å². The SMILES string of the molecule is CC/C=C\C/C=C\C/C=C\C/C=C\C/C=C\CCCCCCCCCCCCCCCC(=O)OCC(O)COP(=O)(O)OCC(O)COP(=O)(O)OCC(COC(=O)CCCCCCC/C=C\C/C=C\C/C=C\C/C=C\CCCCC)OC(=O)CCCCC/C=C\C/C=C\C/C=C\C/C=C\C/C=C\CC. The van der Waals surface area contributed by atoms with Crippen molar-refractivity contribution in [1.82, 2.24) is 0 Å². The zero-order chi connectivity index (χ0) is 76.6. The molecule has 0 aliphatic rings. The Labute approximate surface area is 637 Å². The number of hydrogen-bond donors (Lipinski definition) is 4. The zero-order valence-corrected chi connectivity index (χ0v) is 67.1. The monoisotopic (exact) mass is 1510 g/mol. The summed E-state index contributed by atoms with van der Waals surface area (Å²) in [5, 5.41) is 20.7. The van der Waals surface area contributed by atoms with Crippen LogP contribution in [0.1, 0.15) is 303 Å². The second-order valence-electron chi connectivity index (χ2n) is 26.5. The number of ether oxygens (including phenoxy) is 3. The van der Waals surface area contributed by atoms with Crippen LogP contribution in [0.25, 0.3) is 0 Å². The molecule has 105 heavy (non-hydrogen) atoms. The summed E-state index contributed by atoms with van der Waals surface area (Å²) >= 11 is 0. The maximum Gasteiger partial charge on any atom is 0.472 e. The van der Waals surface area contributed by atoms with Crippen LogP contribution in [0.5, 0.6) is 0 Å². The highest BCUT2D eigenvalue weighted by atomic mass is 31.2. The fourth-order valence-corrected chi connectivity index (χ4v) is 11.9. The number of carbonyl (C=O) groups excluding carboxylic acids is 3. The molecule has 0 amide bonds. The third kappa shape index (κ3) is 79.8. The van der Waals surface area contributed by atoms with Gasteiger partial charge in [-0.3, -0.25) is 32.5 Å². The standard InChI is InChI=1S/C87H144O16P2/c1-4-7-10-13-16-19-22-25-28-31-34-36-37-38-39-40-41-42-43-45-48-49-52-55-58-61-64-67-70-73-85(90)97-76-82(88)77-99-104(93,94)100-78-83(89)79-101-105(95,96)102-81-84(103-87(92)75-72-69-66-63-60-57-54-51-46-33-30-27-24-21-18-15-12-9-6-3)80-98-86(91)74-71-68-65-62-59-56-53-50-47-44-35-32-29-26-23-20-17-14-11-8-5-2/h7,9-10,12,16-21,25-30,34-36,38-39,44,46,50-51,53,57,60,82-84,88-89H,4-6,8,11,13-15,22-24,31-33,37,40-43,45,47-49,52,54-56,58-59,61-81H2,1-3H3,(H,93,94)(H,95,96)/b10-7-,12-9-,19-16-,20-17-,21-18-,28-25-,29-26-,30-27-,36-34-,39-38-,44-35-,51-46-,53-50-,60-57-. The fraction of sp³-hybridized carbons (Fsp3) is 0.644. The molecular weight excluding hydrogens is 1360 g/mol. The van der Waals surface area contributed by atoms with Crippen molar-refractivity contribution in [2.75, 3.05) is 39.6 Å². The summed E-state index contributed by atoms with van der Waals surface area (Å²) in [4.78, 5) is 58.7. The van der Waals surface area contributed by atoms with Gasteiger partial charge in [0.15, 0.2) is 6.10 Å². The van der Waals surface area contributed by atoms with Gasteiger partial charge in [-0.05, 0) is 154 Å². The number of phosphoric acid groups is 2. The lowest BCUT2D eigenvalue weighted by atomic mass is 10.0. The van der Waals surface area contributed by atoms with Gasteiger partial charge >= 0.3 is 33.6 Å². The van der Waals surface area contributed by atoms with Crippen molar-refractivity contribution in [3.8, 4) is 0 Å². The molecule has 5 atom stereocenters. The maximum atomic E-state index is 13.0. The van der Waals surface area contributed by atoms with E-state index >= 15 is 0 Å². The molecule has 0 aromatic heterocycles. The summed E-state index contributed by atoms with van der Waals surface area (Å²) < 4.78 is 61.2. The maximum absolute atomic E-state index is 13.0. The topological polar surface area (TPSA) is 231 Å². The molecule has 4 N–H and O–H groups in total. The second-order valence-corrected chi connectivity index (χ2v) is 29.4. The van der Waals surface area contributed by atoms with Gasteiger partial charge in [-0.25, -0.2) is 9.13 Å². The molecule has 16 nitrogen and oxygen atoms in total. The van der Waals surface area contributed by atoms with Gasteiger partial charge in [0.25, 0.3) is 0 Å². The van der Waals surface area contributed by atoms with Crippen molar-refractivity contribution in [2.45, 2.75) is 322 Å². The predicted molar refractivity (Wildman–Crippen MR) is 435 cm³/mol. The Bertz CT molecular complexity index is 2590. The zero-order valence-electron chi connectivity index (χ0n) is 65.3. The number of phosphoric ester groups is 2. The number of aliphatic hydroxyl groups is 2. The van der Waals surface area contributed by atoms with Gasteiger partial charge in [-0.2, -0.15) is 0 Å². The first-order chi connectivity index (χ1) is 51.2. The van der Waals surface area contributed by atoms with E-state index in [0.29, 0.717) is 19.3 Å². The Balaban J connectivity index is 4.64. The van der Waals surface area contributed by atoms with Gasteiger partial charge in [0.05, 0.1) is 26.4 Å². The number of unbranched alkanes of at least 4 members (excludes halogenated alkanes) is 24. The molecule has 0 rings (SSSR count). The molecule has 0 bridgehead atoms. The van der Waals surface area contributed by atoms with Gasteiger partial charge in [-0.1, -0.05) is 300 Å². The van der Waals surface area contributed by atoms with Crippen LogP contribution >= 0.6 is 15.6 Å². The molecule has 0 aliphatic carbocycles. The van der Waals surface area contributed by atoms with Crippen LogP contribution < -0.4 is 0 Å². The van der Waals surface area contributed by atoms with Crippen LogP contribution in [0.15, 0.2) is 170 Å². The van der Waals surface area contributed by atoms with Gasteiger partial charge < -0.3 is 34.2 Å². The van der Waals surface area contributed by atoms with Crippen LogP contribution in [0.3, 0.4) is 0 Å². The van der Waals surface area contributed by atoms with Crippen molar-refractivity contribution >= 4 is 33.6 Å². The first-order valence-corrected chi connectivity index (χ1v) is 43.4. The smallest absolute Gasteiger partial charge is 0.463 e. The largest absolute Gasteiger partial charge is 0.472 e. The van der Waals surface area contributed by atoms with Crippen LogP contribution in [0.4, 0.5) is 0 Å². The first-order valence-electron chi connectivity index (χ1n) is 40.4. The van der Waals surface area contributed by atoms with Crippen molar-refractivity contribution in [3.63, 3.8) is 0 Å². The van der Waals surface area contributed by atoms with E-state index in [1.807, 2.05) is 0 Å². The lowest BCUT2D eigenvalue weighted by Gasteiger charge is -2.21. The molecule has 0 heterocycles. The van der Waals surface area contributed by atoms with Crippen molar-refractivity contribution in [3.05, 3.63) is 170 Å². The summed E-state index contributed by atoms with van der Waals surface area (Å²) in [7, 11) is -9.82. The Hall–Kier alpha value is -5.09. The van der Waals surface area contributed by atoms with Crippen LogP contribution in [-0.4, -0.2) is 95.9 Å². The molecule has 0 aliphatic heterocycles. The minimum atomic E-state index is -4.95. The molecule has 598 valence electrons. The number of esters is 3.